The van der Waals surface area contributed by atoms with E-state index in [2.05, 4.69) is 27.8 Å². The normalized spacial score (nSPS) is 16.9. The molecule has 31 heavy (non-hydrogen) atoms. The van der Waals surface area contributed by atoms with Gasteiger partial charge in [-0.15, -0.1) is 0 Å². The summed E-state index contributed by atoms with van der Waals surface area (Å²) in [5.74, 6) is 0. The summed E-state index contributed by atoms with van der Waals surface area (Å²) >= 11 is 3.36. The highest BCUT2D eigenvalue weighted by molar-refractivity contribution is 9.10. The number of pyridine rings is 1. The molecule has 4 rings (SSSR count). The number of aromatic amines is 1. The first-order valence-corrected chi connectivity index (χ1v) is 12.6. The number of nitrogens with one attached hydrogen (secondary N) is 1. The van der Waals surface area contributed by atoms with Crippen molar-refractivity contribution in [2.75, 3.05) is 13.2 Å². The molecule has 1 aliphatic heterocycles. The minimum absolute atomic E-state index is 0.0227. The summed E-state index contributed by atoms with van der Waals surface area (Å²) in [5, 5.41) is 0.893. The fourth-order valence-corrected chi connectivity index (χ4v) is 6.30. The molecule has 8 heteroatoms. The average molecular weight is 505 g/mol. The molecular weight excluding hydrogens is 480 g/mol. The number of rotatable bonds is 7. The zero-order valence-electron chi connectivity index (χ0n) is 17.3. The largest absolute Gasteiger partial charge is 0.377 e. The summed E-state index contributed by atoms with van der Waals surface area (Å²) < 4.78 is 34.7. The molecule has 0 bridgehead atoms. The molecule has 0 aliphatic carbocycles. The van der Waals surface area contributed by atoms with Crippen LogP contribution in [0.3, 0.4) is 0 Å². The van der Waals surface area contributed by atoms with E-state index in [1.807, 2.05) is 18.2 Å². The zero-order chi connectivity index (χ0) is 22.0. The number of hydrogen-bond acceptors (Lipinski definition) is 4. The molecule has 0 saturated carbocycles. The highest BCUT2D eigenvalue weighted by Crippen LogP contribution is 2.27. The molecule has 1 aromatic heterocycles. The molecule has 3 aromatic rings. The van der Waals surface area contributed by atoms with Crippen molar-refractivity contribution < 1.29 is 13.2 Å². The lowest BCUT2D eigenvalue weighted by atomic mass is 10.1. The number of aryl methyl sites for hydroxylation is 1. The fraction of sp³-hybridized carbons (Fsp3) is 0.348. The molecule has 1 fully saturated rings. The molecule has 0 amide bonds. The fourth-order valence-electron chi connectivity index (χ4n) is 3.88. The Labute approximate surface area is 190 Å². The van der Waals surface area contributed by atoms with Gasteiger partial charge < -0.3 is 9.72 Å². The quantitative estimate of drug-likeness (QED) is 0.522. The molecule has 0 spiro atoms. The van der Waals surface area contributed by atoms with Crippen molar-refractivity contribution in [1.82, 2.24) is 9.29 Å². The van der Waals surface area contributed by atoms with Gasteiger partial charge in [0.25, 0.3) is 5.56 Å². The van der Waals surface area contributed by atoms with E-state index in [0.717, 1.165) is 35.7 Å². The van der Waals surface area contributed by atoms with Crippen LogP contribution in [0.1, 0.15) is 30.9 Å². The van der Waals surface area contributed by atoms with Crippen molar-refractivity contribution in [2.45, 2.75) is 43.7 Å². The second-order valence-corrected chi connectivity index (χ2v) is 10.5. The van der Waals surface area contributed by atoms with Crippen LogP contribution in [0.25, 0.3) is 10.9 Å². The van der Waals surface area contributed by atoms with Gasteiger partial charge in [0.15, 0.2) is 0 Å². The lowest BCUT2D eigenvalue weighted by Crippen LogP contribution is -2.38. The van der Waals surface area contributed by atoms with Crippen LogP contribution in [0.4, 0.5) is 0 Å². The van der Waals surface area contributed by atoms with Crippen LogP contribution in [0.5, 0.6) is 0 Å². The average Bonchev–Trinajstić information content (AvgIpc) is 3.27. The van der Waals surface area contributed by atoms with Gasteiger partial charge in [0, 0.05) is 35.2 Å². The van der Waals surface area contributed by atoms with Crippen LogP contribution >= 0.6 is 15.9 Å². The Morgan fingerprint density at radius 2 is 2.00 bits per heavy atom. The van der Waals surface area contributed by atoms with Crippen molar-refractivity contribution in [2.24, 2.45) is 0 Å². The monoisotopic (exact) mass is 504 g/mol. The maximum atomic E-state index is 13.5. The smallest absolute Gasteiger partial charge is 0.252 e. The number of halogens is 1. The van der Waals surface area contributed by atoms with Crippen molar-refractivity contribution in [3.8, 4) is 0 Å². The third-order valence-corrected chi connectivity index (χ3v) is 8.45. The topological polar surface area (TPSA) is 79.5 Å². The van der Waals surface area contributed by atoms with Gasteiger partial charge >= 0.3 is 0 Å². The number of H-pyrrole nitrogens is 1. The second-order valence-electron chi connectivity index (χ2n) is 7.76. The lowest BCUT2D eigenvalue weighted by Gasteiger charge is -2.25. The predicted molar refractivity (Wildman–Crippen MR) is 125 cm³/mol. The highest BCUT2D eigenvalue weighted by atomic mass is 79.9. The summed E-state index contributed by atoms with van der Waals surface area (Å²) in [4.78, 5) is 15.8. The van der Waals surface area contributed by atoms with Crippen LogP contribution in [0, 0.1) is 0 Å². The van der Waals surface area contributed by atoms with Gasteiger partial charge in [0.2, 0.25) is 10.0 Å². The number of aromatic nitrogens is 1. The van der Waals surface area contributed by atoms with Crippen molar-refractivity contribution in [3.63, 3.8) is 0 Å². The van der Waals surface area contributed by atoms with Crippen LogP contribution in [-0.2, 0) is 27.7 Å². The minimum Gasteiger partial charge on any atom is -0.377 e. The van der Waals surface area contributed by atoms with Gasteiger partial charge in [-0.1, -0.05) is 25.1 Å². The Morgan fingerprint density at radius 1 is 1.19 bits per heavy atom. The van der Waals surface area contributed by atoms with E-state index in [4.69, 9.17) is 4.74 Å². The van der Waals surface area contributed by atoms with Crippen LogP contribution in [0.15, 0.2) is 62.7 Å². The van der Waals surface area contributed by atoms with Gasteiger partial charge in [0.1, 0.15) is 0 Å². The van der Waals surface area contributed by atoms with Crippen molar-refractivity contribution in [1.29, 1.82) is 0 Å². The lowest BCUT2D eigenvalue weighted by molar-refractivity contribution is 0.0925. The summed E-state index contributed by atoms with van der Waals surface area (Å²) in [5.41, 5.74) is 2.03. The minimum atomic E-state index is -3.85. The van der Waals surface area contributed by atoms with Crippen LogP contribution in [0.2, 0.25) is 0 Å². The first-order valence-electron chi connectivity index (χ1n) is 10.4. The number of sulfonamides is 1. The summed E-state index contributed by atoms with van der Waals surface area (Å²) in [6.07, 6.45) is 2.41. The van der Waals surface area contributed by atoms with Gasteiger partial charge in [-0.25, -0.2) is 8.42 Å². The van der Waals surface area contributed by atoms with Gasteiger partial charge in [-0.05, 0) is 76.5 Å². The molecule has 2 aromatic carbocycles. The molecule has 164 valence electrons. The van der Waals surface area contributed by atoms with E-state index in [0.29, 0.717) is 16.6 Å². The third kappa shape index (κ3) is 4.77. The Bertz CT molecular complexity index is 1250. The Morgan fingerprint density at radius 3 is 2.71 bits per heavy atom. The van der Waals surface area contributed by atoms with E-state index < -0.39 is 10.0 Å². The highest BCUT2D eigenvalue weighted by Gasteiger charge is 2.31. The molecule has 1 unspecified atom stereocenters. The second kappa shape index (κ2) is 9.24. The van der Waals surface area contributed by atoms with E-state index in [1.165, 1.54) is 4.31 Å². The first kappa shape index (κ1) is 22.2. The van der Waals surface area contributed by atoms with E-state index in [1.54, 1.807) is 30.3 Å². The van der Waals surface area contributed by atoms with Gasteiger partial charge in [-0.3, -0.25) is 4.79 Å². The van der Waals surface area contributed by atoms with E-state index in [9.17, 15) is 13.2 Å². The van der Waals surface area contributed by atoms with Gasteiger partial charge in [-0.2, -0.15) is 4.31 Å². The van der Waals surface area contributed by atoms with Crippen molar-refractivity contribution >= 4 is 36.9 Å². The molecule has 0 radical (unpaired) electrons. The van der Waals surface area contributed by atoms with Crippen LogP contribution < -0.4 is 5.56 Å². The molecule has 6 nitrogen and oxygen atoms in total. The van der Waals surface area contributed by atoms with Crippen LogP contribution in [-0.4, -0.2) is 37.0 Å². The van der Waals surface area contributed by atoms with Gasteiger partial charge in [0.05, 0.1) is 11.0 Å². The Balaban J connectivity index is 1.75. The molecular formula is C23H25BrN2O4S. The number of hydrogen-bond donors (Lipinski definition) is 1. The molecule has 1 atom stereocenters. The standard InChI is InChI=1S/C23H25BrN2O4S/c1-2-16-9-10-21-17(12-16)13-18(23(27)25-21)14-26(15-19-6-5-11-30-19)31(28,29)22-8-4-3-7-20(22)24/h3-4,7-10,12-13,19H,2,5-6,11,14-15H2,1H3,(H,25,27). The van der Waals surface area contributed by atoms with Crippen molar-refractivity contribution in [3.05, 3.63) is 74.5 Å². The zero-order valence-corrected chi connectivity index (χ0v) is 19.7. The molecule has 2 heterocycles. The maximum Gasteiger partial charge on any atom is 0.252 e. The third-order valence-electron chi connectivity index (χ3n) is 5.63. The van der Waals surface area contributed by atoms with E-state index >= 15 is 0 Å². The number of nitrogens with zero attached hydrogens (tertiary/aromatic N) is 1. The Kier molecular flexibility index (Phi) is 6.62. The number of benzene rings is 2. The number of ether oxygens (including phenoxy) is 1. The van der Waals surface area contributed by atoms with E-state index in [-0.39, 0.29) is 29.6 Å². The molecule has 1 saturated heterocycles. The Hall–Kier alpha value is -2.00. The SMILES string of the molecule is CCc1ccc2[nH]c(=O)c(CN(CC3CCCO3)S(=O)(=O)c3ccccc3Br)cc2c1. The summed E-state index contributed by atoms with van der Waals surface area (Å²) in [6, 6.07) is 14.4. The summed E-state index contributed by atoms with van der Waals surface area (Å²) in [6.45, 7) is 2.88. The molecule has 1 aliphatic rings. The maximum absolute atomic E-state index is 13.5. The molecule has 1 N–H and O–H groups in total. The predicted octanol–water partition coefficient (Wildman–Crippen LogP) is 4.22. The number of fused-ring (bicyclic) bond motifs is 1. The summed E-state index contributed by atoms with van der Waals surface area (Å²) in [7, 11) is -3.85. The first-order chi connectivity index (χ1) is 14.9.